The lowest BCUT2D eigenvalue weighted by molar-refractivity contribution is 0.0617. The predicted molar refractivity (Wildman–Crippen MR) is 106 cm³/mol. The number of cyclic esters (lactones) is 1. The van der Waals surface area contributed by atoms with Crippen LogP contribution in [0.4, 0.5) is 4.79 Å². The summed E-state index contributed by atoms with van der Waals surface area (Å²) in [6.07, 6.45) is 3.33. The molecule has 1 aromatic carbocycles. The van der Waals surface area contributed by atoms with Gasteiger partial charge in [0, 0.05) is 24.0 Å². The number of carbonyl (C=O) groups excluding carboxylic acids is 2. The van der Waals surface area contributed by atoms with Crippen molar-refractivity contribution in [2.75, 3.05) is 33.1 Å². The van der Waals surface area contributed by atoms with Crippen molar-refractivity contribution in [3.8, 4) is 5.75 Å². The van der Waals surface area contributed by atoms with E-state index in [4.69, 9.17) is 9.47 Å². The highest BCUT2D eigenvalue weighted by molar-refractivity contribution is 7.98. The Labute approximate surface area is 165 Å². The minimum absolute atomic E-state index is 0.0117. The highest BCUT2D eigenvalue weighted by Crippen LogP contribution is 2.30. The third-order valence-electron chi connectivity index (χ3n) is 5.50. The van der Waals surface area contributed by atoms with Gasteiger partial charge in [-0.05, 0) is 43.2 Å². The van der Waals surface area contributed by atoms with Crippen LogP contribution in [-0.2, 0) is 4.74 Å². The Morgan fingerprint density at radius 3 is 2.59 bits per heavy atom. The molecule has 0 N–H and O–H groups in total. The van der Waals surface area contributed by atoms with Crippen LogP contribution in [0.3, 0.4) is 0 Å². The van der Waals surface area contributed by atoms with Gasteiger partial charge in [-0.15, -0.1) is 11.8 Å². The lowest BCUT2D eigenvalue weighted by Crippen LogP contribution is -2.51. The molecule has 0 bridgehead atoms. The van der Waals surface area contributed by atoms with E-state index < -0.39 is 0 Å². The second-order valence-corrected chi connectivity index (χ2v) is 8.26. The summed E-state index contributed by atoms with van der Waals surface area (Å²) in [6.45, 7) is 5.96. The summed E-state index contributed by atoms with van der Waals surface area (Å²) in [5.41, 5.74) is 0.592. The largest absolute Gasteiger partial charge is 0.496 e. The number of ether oxygens (including phenoxy) is 2. The molecular weight excluding hydrogens is 364 g/mol. The highest BCUT2D eigenvalue weighted by Gasteiger charge is 2.41. The monoisotopic (exact) mass is 392 g/mol. The van der Waals surface area contributed by atoms with E-state index in [9.17, 15) is 9.59 Å². The molecular formula is C20H28N2O4S. The van der Waals surface area contributed by atoms with Crippen LogP contribution in [-0.4, -0.2) is 66.9 Å². The molecule has 6 nitrogen and oxygen atoms in total. The van der Waals surface area contributed by atoms with Crippen molar-refractivity contribution in [3.63, 3.8) is 0 Å². The zero-order valence-corrected chi connectivity index (χ0v) is 17.3. The third kappa shape index (κ3) is 4.03. The standard InChI is InChI=1S/C20H28N2O4S/c1-13(2)17-12-26-20(24)22(17)14-7-9-21(10-8-14)19(23)16-6-5-15(27-4)11-18(16)25-3/h5-6,11,13-14,17H,7-10,12H2,1-4H3. The topological polar surface area (TPSA) is 59.1 Å². The number of piperidine rings is 1. The highest BCUT2D eigenvalue weighted by atomic mass is 32.2. The van der Waals surface area contributed by atoms with Gasteiger partial charge in [0.15, 0.2) is 0 Å². The molecule has 0 aromatic heterocycles. The molecule has 2 aliphatic heterocycles. The van der Waals surface area contributed by atoms with Crippen molar-refractivity contribution in [2.24, 2.45) is 5.92 Å². The number of hydrogen-bond acceptors (Lipinski definition) is 5. The molecule has 2 fully saturated rings. The maximum absolute atomic E-state index is 13.0. The first-order valence-corrected chi connectivity index (χ1v) is 10.6. The number of nitrogens with zero attached hydrogens (tertiary/aromatic N) is 2. The summed E-state index contributed by atoms with van der Waals surface area (Å²) in [5.74, 6) is 0.953. The molecule has 1 atom stereocenters. The van der Waals surface area contributed by atoms with Gasteiger partial charge < -0.3 is 14.4 Å². The molecule has 148 valence electrons. The van der Waals surface area contributed by atoms with Gasteiger partial charge in [0.2, 0.25) is 0 Å². The second-order valence-electron chi connectivity index (χ2n) is 7.39. The zero-order valence-electron chi connectivity index (χ0n) is 16.4. The van der Waals surface area contributed by atoms with Crippen LogP contribution >= 0.6 is 11.8 Å². The van der Waals surface area contributed by atoms with Gasteiger partial charge in [0.25, 0.3) is 5.91 Å². The maximum Gasteiger partial charge on any atom is 0.410 e. The first-order valence-electron chi connectivity index (χ1n) is 9.42. The molecule has 0 aliphatic carbocycles. The molecule has 2 amide bonds. The van der Waals surface area contributed by atoms with Crippen molar-refractivity contribution in [1.29, 1.82) is 0 Å². The van der Waals surface area contributed by atoms with Crippen LogP contribution in [0.1, 0.15) is 37.0 Å². The molecule has 0 spiro atoms. The van der Waals surface area contributed by atoms with E-state index in [0.29, 0.717) is 36.9 Å². The summed E-state index contributed by atoms with van der Waals surface area (Å²) >= 11 is 1.62. The van der Waals surface area contributed by atoms with E-state index in [1.807, 2.05) is 34.3 Å². The molecule has 1 aromatic rings. The molecule has 0 radical (unpaired) electrons. The lowest BCUT2D eigenvalue weighted by atomic mass is 9.97. The number of carbonyl (C=O) groups is 2. The van der Waals surface area contributed by atoms with E-state index >= 15 is 0 Å². The van der Waals surface area contributed by atoms with Gasteiger partial charge in [-0.3, -0.25) is 9.69 Å². The number of amides is 2. The minimum Gasteiger partial charge on any atom is -0.496 e. The molecule has 27 heavy (non-hydrogen) atoms. The lowest BCUT2D eigenvalue weighted by Gasteiger charge is -2.38. The summed E-state index contributed by atoms with van der Waals surface area (Å²) in [7, 11) is 1.59. The minimum atomic E-state index is -0.215. The Morgan fingerprint density at radius 2 is 2.00 bits per heavy atom. The van der Waals surface area contributed by atoms with E-state index in [2.05, 4.69) is 13.8 Å². The van der Waals surface area contributed by atoms with Crippen LogP contribution in [0.15, 0.2) is 23.1 Å². The van der Waals surface area contributed by atoms with Crippen molar-refractivity contribution < 1.29 is 19.1 Å². The number of benzene rings is 1. The molecule has 2 aliphatic rings. The Kier molecular flexibility index (Phi) is 6.19. The van der Waals surface area contributed by atoms with Gasteiger partial charge in [-0.1, -0.05) is 13.8 Å². The smallest absolute Gasteiger partial charge is 0.410 e. The van der Waals surface area contributed by atoms with Crippen LogP contribution < -0.4 is 4.74 Å². The fourth-order valence-corrected chi connectivity index (χ4v) is 4.30. The normalized spacial score (nSPS) is 20.9. The van der Waals surface area contributed by atoms with E-state index in [-0.39, 0.29) is 24.1 Å². The van der Waals surface area contributed by atoms with Gasteiger partial charge in [0.1, 0.15) is 12.4 Å². The zero-order chi connectivity index (χ0) is 19.6. The summed E-state index contributed by atoms with van der Waals surface area (Å²) in [6, 6.07) is 5.95. The Morgan fingerprint density at radius 1 is 1.30 bits per heavy atom. The first-order chi connectivity index (χ1) is 13.0. The summed E-state index contributed by atoms with van der Waals surface area (Å²) in [5, 5.41) is 0. The fourth-order valence-electron chi connectivity index (χ4n) is 3.87. The average molecular weight is 393 g/mol. The number of methoxy groups -OCH3 is 1. The number of hydrogen-bond donors (Lipinski definition) is 0. The second kappa shape index (κ2) is 8.42. The van der Waals surface area contributed by atoms with Gasteiger partial charge >= 0.3 is 6.09 Å². The van der Waals surface area contributed by atoms with E-state index in [1.165, 1.54) is 0 Å². The Bertz CT molecular complexity index is 701. The van der Waals surface area contributed by atoms with Gasteiger partial charge in [-0.2, -0.15) is 0 Å². The van der Waals surface area contributed by atoms with Gasteiger partial charge in [-0.25, -0.2) is 4.79 Å². The van der Waals surface area contributed by atoms with E-state index in [1.54, 1.807) is 18.9 Å². The number of likely N-dealkylation sites (tertiary alicyclic amines) is 1. The molecule has 2 saturated heterocycles. The average Bonchev–Trinajstić information content (AvgIpc) is 3.08. The molecule has 7 heteroatoms. The maximum atomic E-state index is 13.0. The van der Waals surface area contributed by atoms with Gasteiger partial charge in [0.05, 0.1) is 18.7 Å². The van der Waals surface area contributed by atoms with Crippen molar-refractivity contribution in [3.05, 3.63) is 23.8 Å². The van der Waals surface area contributed by atoms with Crippen LogP contribution in [0.2, 0.25) is 0 Å². The Hall–Kier alpha value is -1.89. The summed E-state index contributed by atoms with van der Waals surface area (Å²) < 4.78 is 10.7. The van der Waals surface area contributed by atoms with E-state index in [0.717, 1.165) is 17.7 Å². The quantitative estimate of drug-likeness (QED) is 0.718. The van der Waals surface area contributed by atoms with Crippen molar-refractivity contribution >= 4 is 23.8 Å². The first kappa shape index (κ1) is 19.9. The molecule has 1 unspecified atom stereocenters. The fraction of sp³-hybridized carbons (Fsp3) is 0.600. The van der Waals surface area contributed by atoms with Crippen molar-refractivity contribution in [1.82, 2.24) is 9.80 Å². The predicted octanol–water partition coefficient (Wildman–Crippen LogP) is 3.50. The molecule has 2 heterocycles. The SMILES string of the molecule is COc1cc(SC)ccc1C(=O)N1CCC(N2C(=O)OCC2C(C)C)CC1. The van der Waals surface area contributed by atoms with Crippen LogP contribution in [0, 0.1) is 5.92 Å². The van der Waals surface area contributed by atoms with Crippen LogP contribution in [0.5, 0.6) is 5.75 Å². The number of rotatable bonds is 5. The third-order valence-corrected chi connectivity index (χ3v) is 6.22. The van der Waals surface area contributed by atoms with Crippen LogP contribution in [0.25, 0.3) is 0 Å². The number of thioether (sulfide) groups is 1. The molecule has 3 rings (SSSR count). The van der Waals surface area contributed by atoms with Crippen molar-refractivity contribution in [2.45, 2.75) is 43.7 Å². The molecule has 0 saturated carbocycles. The Balaban J connectivity index is 1.67. The summed E-state index contributed by atoms with van der Waals surface area (Å²) in [4.78, 5) is 30.0.